The molecule has 2 fully saturated rings. The molecule has 0 aromatic rings. The third-order valence-electron chi connectivity index (χ3n) is 2.70. The third kappa shape index (κ3) is 1.48. The normalized spacial score (nSPS) is 34.2. The van der Waals surface area contributed by atoms with Crippen molar-refractivity contribution >= 4 is 0 Å². The van der Waals surface area contributed by atoms with Crippen LogP contribution in [-0.4, -0.2) is 25.2 Å². The van der Waals surface area contributed by atoms with Crippen LogP contribution < -0.4 is 0 Å². The number of hydrogen-bond donors (Lipinski definition) is 0. The van der Waals surface area contributed by atoms with Gasteiger partial charge in [-0.2, -0.15) is 0 Å². The molecule has 0 aromatic carbocycles. The summed E-state index contributed by atoms with van der Waals surface area (Å²) in [6.07, 6.45) is 5.16. The molecule has 2 nitrogen and oxygen atoms in total. The van der Waals surface area contributed by atoms with Crippen LogP contribution >= 0.6 is 0 Å². The number of hydrogen-bond acceptors (Lipinski definition) is 2. The molecule has 2 rings (SSSR count). The van der Waals surface area contributed by atoms with Crippen LogP contribution in [0, 0.1) is 0 Å². The molecular formula is C9H15FO2. The van der Waals surface area contributed by atoms with Gasteiger partial charge in [-0.25, -0.2) is 4.39 Å². The highest BCUT2D eigenvalue weighted by Gasteiger charge is 2.41. The van der Waals surface area contributed by atoms with Gasteiger partial charge in [-0.3, -0.25) is 0 Å². The monoisotopic (exact) mass is 174 g/mol. The van der Waals surface area contributed by atoms with Crippen molar-refractivity contribution in [3.8, 4) is 0 Å². The highest BCUT2D eigenvalue weighted by Crippen LogP contribution is 2.37. The summed E-state index contributed by atoms with van der Waals surface area (Å²) in [4.78, 5) is 0. The van der Waals surface area contributed by atoms with Crippen molar-refractivity contribution in [2.24, 2.45) is 0 Å². The van der Waals surface area contributed by atoms with Crippen LogP contribution in [0.15, 0.2) is 0 Å². The molecule has 1 unspecified atom stereocenters. The van der Waals surface area contributed by atoms with Gasteiger partial charge in [-0.15, -0.1) is 0 Å². The first kappa shape index (κ1) is 8.45. The Balaban J connectivity index is 1.94. The smallest absolute Gasteiger partial charge is 0.169 e. The van der Waals surface area contributed by atoms with Gasteiger partial charge in [0.05, 0.1) is 6.61 Å². The van der Waals surface area contributed by atoms with Crippen molar-refractivity contribution in [3.05, 3.63) is 0 Å². The molecule has 12 heavy (non-hydrogen) atoms. The molecule has 0 amide bonds. The Morgan fingerprint density at radius 3 is 2.58 bits per heavy atom. The summed E-state index contributed by atoms with van der Waals surface area (Å²) in [7, 11) is 0. The number of halogens is 1. The van der Waals surface area contributed by atoms with Crippen LogP contribution in [0.25, 0.3) is 0 Å². The summed E-state index contributed by atoms with van der Waals surface area (Å²) in [6.45, 7) is 0.0260. The summed E-state index contributed by atoms with van der Waals surface area (Å²) in [6, 6.07) is 0. The van der Waals surface area contributed by atoms with E-state index in [-0.39, 0.29) is 6.10 Å². The molecule has 0 bridgehead atoms. The Bertz CT molecular complexity index is 155. The van der Waals surface area contributed by atoms with Crippen molar-refractivity contribution in [1.82, 2.24) is 0 Å². The molecule has 1 aliphatic carbocycles. The Morgan fingerprint density at radius 2 is 2.00 bits per heavy atom. The average molecular weight is 174 g/mol. The fourth-order valence-electron chi connectivity index (χ4n) is 2.05. The van der Waals surface area contributed by atoms with Gasteiger partial charge in [0.2, 0.25) is 0 Å². The summed E-state index contributed by atoms with van der Waals surface area (Å²) >= 11 is 0. The van der Waals surface area contributed by atoms with Crippen molar-refractivity contribution in [2.45, 2.75) is 44.0 Å². The van der Waals surface area contributed by atoms with E-state index in [9.17, 15) is 4.39 Å². The molecule has 1 saturated carbocycles. The fraction of sp³-hybridized carbons (Fsp3) is 1.00. The number of ether oxygens (including phenoxy) is 2. The van der Waals surface area contributed by atoms with E-state index >= 15 is 0 Å². The van der Waals surface area contributed by atoms with Crippen LogP contribution in [0.4, 0.5) is 4.39 Å². The predicted octanol–water partition coefficient (Wildman–Crippen LogP) is 2.03. The highest BCUT2D eigenvalue weighted by molar-refractivity contribution is 4.81. The van der Waals surface area contributed by atoms with Crippen molar-refractivity contribution in [1.29, 1.82) is 0 Å². The highest BCUT2D eigenvalue weighted by atomic mass is 19.1. The SMILES string of the molecule is FCC1COC2(CCCCC2)O1. The maximum absolute atomic E-state index is 12.2. The molecule has 0 radical (unpaired) electrons. The van der Waals surface area contributed by atoms with Gasteiger partial charge in [0.1, 0.15) is 12.8 Å². The van der Waals surface area contributed by atoms with Gasteiger partial charge in [-0.05, 0) is 12.8 Å². The standard InChI is InChI=1S/C9H15FO2/c10-6-8-7-11-9(12-8)4-2-1-3-5-9/h8H,1-7H2. The molecule has 1 spiro atoms. The minimum Gasteiger partial charge on any atom is -0.347 e. The summed E-state index contributed by atoms with van der Waals surface area (Å²) in [5.41, 5.74) is 0. The zero-order valence-corrected chi connectivity index (χ0v) is 7.22. The van der Waals surface area contributed by atoms with Crippen LogP contribution in [0.1, 0.15) is 32.1 Å². The topological polar surface area (TPSA) is 18.5 Å². The van der Waals surface area contributed by atoms with E-state index in [0.29, 0.717) is 6.61 Å². The third-order valence-corrected chi connectivity index (χ3v) is 2.70. The summed E-state index contributed by atoms with van der Waals surface area (Å²) in [5.74, 6) is -0.394. The van der Waals surface area contributed by atoms with Gasteiger partial charge in [0.25, 0.3) is 0 Å². The second-order valence-corrected chi connectivity index (χ2v) is 3.68. The quantitative estimate of drug-likeness (QED) is 0.605. The molecule has 70 valence electrons. The minimum atomic E-state index is -0.415. The van der Waals surface area contributed by atoms with Crippen molar-refractivity contribution in [2.75, 3.05) is 13.3 Å². The Hall–Kier alpha value is -0.150. The average Bonchev–Trinajstić information content (AvgIpc) is 2.50. The Kier molecular flexibility index (Phi) is 2.33. The molecule has 2 aliphatic rings. The first-order chi connectivity index (χ1) is 5.85. The zero-order valence-electron chi connectivity index (χ0n) is 7.22. The predicted molar refractivity (Wildman–Crippen MR) is 42.6 cm³/mol. The second-order valence-electron chi connectivity index (χ2n) is 3.68. The van der Waals surface area contributed by atoms with E-state index in [1.54, 1.807) is 0 Å². The molecule has 1 aliphatic heterocycles. The van der Waals surface area contributed by atoms with Gasteiger partial charge in [0, 0.05) is 12.8 Å². The van der Waals surface area contributed by atoms with E-state index in [1.807, 2.05) is 0 Å². The van der Waals surface area contributed by atoms with E-state index in [1.165, 1.54) is 6.42 Å². The largest absolute Gasteiger partial charge is 0.347 e. The van der Waals surface area contributed by atoms with Crippen molar-refractivity contribution < 1.29 is 13.9 Å². The summed E-state index contributed by atoms with van der Waals surface area (Å²) < 4.78 is 23.3. The molecule has 1 atom stereocenters. The first-order valence-corrected chi connectivity index (χ1v) is 4.72. The summed E-state index contributed by atoms with van der Waals surface area (Å²) in [5, 5.41) is 0. The lowest BCUT2D eigenvalue weighted by atomic mass is 9.94. The van der Waals surface area contributed by atoms with Crippen LogP contribution in [0.5, 0.6) is 0 Å². The maximum Gasteiger partial charge on any atom is 0.169 e. The van der Waals surface area contributed by atoms with Crippen LogP contribution in [0.3, 0.4) is 0 Å². The Morgan fingerprint density at radius 1 is 1.25 bits per heavy atom. The molecule has 1 saturated heterocycles. The fourth-order valence-corrected chi connectivity index (χ4v) is 2.05. The van der Waals surface area contributed by atoms with Crippen LogP contribution in [-0.2, 0) is 9.47 Å². The Labute approximate surface area is 72.0 Å². The molecule has 0 aromatic heterocycles. The first-order valence-electron chi connectivity index (χ1n) is 4.72. The van der Waals surface area contributed by atoms with Gasteiger partial charge < -0.3 is 9.47 Å². The van der Waals surface area contributed by atoms with Gasteiger partial charge >= 0.3 is 0 Å². The molecule has 1 heterocycles. The number of rotatable bonds is 1. The van der Waals surface area contributed by atoms with Gasteiger partial charge in [-0.1, -0.05) is 6.42 Å². The number of alkyl halides is 1. The van der Waals surface area contributed by atoms with E-state index < -0.39 is 12.5 Å². The maximum atomic E-state index is 12.2. The lowest BCUT2D eigenvalue weighted by Gasteiger charge is -2.31. The minimum absolute atomic E-state index is 0.303. The molecule has 0 N–H and O–H groups in total. The van der Waals surface area contributed by atoms with E-state index in [4.69, 9.17) is 9.47 Å². The lowest BCUT2D eigenvalue weighted by Crippen LogP contribution is -2.33. The lowest BCUT2D eigenvalue weighted by molar-refractivity contribution is -0.188. The van der Waals surface area contributed by atoms with E-state index in [2.05, 4.69) is 0 Å². The molecular weight excluding hydrogens is 159 g/mol. The second kappa shape index (κ2) is 3.30. The van der Waals surface area contributed by atoms with Crippen LogP contribution in [0.2, 0.25) is 0 Å². The zero-order chi connectivity index (χ0) is 8.44. The van der Waals surface area contributed by atoms with E-state index in [0.717, 1.165) is 25.7 Å². The van der Waals surface area contributed by atoms with Crippen molar-refractivity contribution in [3.63, 3.8) is 0 Å². The molecule has 3 heteroatoms. The van der Waals surface area contributed by atoms with Gasteiger partial charge in [0.15, 0.2) is 5.79 Å².